The molecule has 0 bridgehead atoms. The summed E-state index contributed by atoms with van der Waals surface area (Å²) < 4.78 is 5.85. The van der Waals surface area contributed by atoms with E-state index < -0.39 is 0 Å². The van der Waals surface area contributed by atoms with Crippen molar-refractivity contribution in [3.63, 3.8) is 0 Å². The maximum atomic E-state index is 12.3. The number of nitrogens with zero attached hydrogens (tertiary/aromatic N) is 4. The van der Waals surface area contributed by atoms with E-state index in [0.29, 0.717) is 24.7 Å². The lowest BCUT2D eigenvalue weighted by atomic mass is 10.1. The molecule has 0 spiro atoms. The molecule has 0 radical (unpaired) electrons. The Kier molecular flexibility index (Phi) is 5.17. The van der Waals surface area contributed by atoms with E-state index in [-0.39, 0.29) is 29.7 Å². The third-order valence-electron chi connectivity index (χ3n) is 6.42. The Morgan fingerprint density at radius 3 is 2.65 bits per heavy atom. The lowest BCUT2D eigenvalue weighted by Gasteiger charge is -2.30. The van der Waals surface area contributed by atoms with Crippen LogP contribution in [0.1, 0.15) is 43.7 Å². The van der Waals surface area contributed by atoms with Crippen LogP contribution in [0.3, 0.4) is 0 Å². The summed E-state index contributed by atoms with van der Waals surface area (Å²) in [5.74, 6) is 0.741. The number of likely N-dealkylation sites (tertiary alicyclic amines) is 1. The monoisotopic (exact) mass is 422 g/mol. The molecule has 3 N–H and O–H groups in total. The fourth-order valence-corrected chi connectivity index (χ4v) is 4.26. The van der Waals surface area contributed by atoms with Crippen LogP contribution in [0.4, 0.5) is 17.3 Å². The zero-order valence-electron chi connectivity index (χ0n) is 18.1. The SMILES string of the molecule is CC1(COc2nc(N)c3c(n2)N(Cc2cccc(CN4CCCC4)c2)CC(=O)N3)CC1. The molecule has 1 aromatic carbocycles. The standard InChI is InChI=1S/C23H30N6O2/c1-23(7-8-23)15-31-22-26-20(24)19-21(27-22)29(14-18(30)25-19)13-17-6-4-5-16(11-17)12-28-9-2-3-10-28/h4-6,11H,2-3,7-10,12-15H2,1H3,(H,25,30)(H2,24,26,27). The highest BCUT2D eigenvalue weighted by molar-refractivity contribution is 6.03. The van der Waals surface area contributed by atoms with Crippen molar-refractivity contribution in [2.45, 2.75) is 45.7 Å². The van der Waals surface area contributed by atoms with Crippen LogP contribution >= 0.6 is 0 Å². The fraction of sp³-hybridized carbons (Fsp3) is 0.522. The highest BCUT2D eigenvalue weighted by atomic mass is 16.5. The lowest BCUT2D eigenvalue weighted by Crippen LogP contribution is -2.39. The third kappa shape index (κ3) is 4.58. The minimum Gasteiger partial charge on any atom is -0.463 e. The van der Waals surface area contributed by atoms with E-state index in [1.165, 1.54) is 31.5 Å². The topological polar surface area (TPSA) is 96.6 Å². The maximum Gasteiger partial charge on any atom is 0.320 e. The second kappa shape index (κ2) is 8.00. The number of hydrogen-bond acceptors (Lipinski definition) is 7. The molecule has 2 fully saturated rings. The maximum absolute atomic E-state index is 12.3. The van der Waals surface area contributed by atoms with Crippen LogP contribution in [-0.4, -0.2) is 47.0 Å². The molecule has 3 aliphatic rings. The van der Waals surface area contributed by atoms with Gasteiger partial charge in [-0.05, 0) is 49.9 Å². The number of benzene rings is 1. The van der Waals surface area contributed by atoms with Gasteiger partial charge in [0.1, 0.15) is 5.69 Å². The van der Waals surface area contributed by atoms with Crippen molar-refractivity contribution in [1.29, 1.82) is 0 Å². The predicted octanol–water partition coefficient (Wildman–Crippen LogP) is 2.79. The quantitative estimate of drug-likeness (QED) is 0.708. The zero-order valence-corrected chi connectivity index (χ0v) is 18.1. The Hall–Kier alpha value is -2.87. The molecule has 1 saturated carbocycles. The molecule has 1 amide bonds. The van der Waals surface area contributed by atoms with Gasteiger partial charge in [-0.1, -0.05) is 31.2 Å². The van der Waals surface area contributed by atoms with Crippen molar-refractivity contribution in [2.75, 3.05) is 42.2 Å². The van der Waals surface area contributed by atoms with E-state index in [0.717, 1.165) is 24.9 Å². The first-order chi connectivity index (χ1) is 15.0. The molecule has 2 aliphatic heterocycles. The predicted molar refractivity (Wildman–Crippen MR) is 120 cm³/mol. The number of fused-ring (bicyclic) bond motifs is 1. The number of anilines is 3. The summed E-state index contributed by atoms with van der Waals surface area (Å²) in [4.78, 5) is 25.6. The Labute approximate surface area is 182 Å². The van der Waals surface area contributed by atoms with Crippen LogP contribution in [0.25, 0.3) is 0 Å². The van der Waals surface area contributed by atoms with Gasteiger partial charge in [0, 0.05) is 18.5 Å². The second-order valence-corrected chi connectivity index (χ2v) is 9.40. The molecule has 8 nitrogen and oxygen atoms in total. The molecular formula is C23H30N6O2. The van der Waals surface area contributed by atoms with Gasteiger partial charge in [0.15, 0.2) is 11.6 Å². The fourth-order valence-electron chi connectivity index (χ4n) is 4.26. The molecule has 3 heterocycles. The van der Waals surface area contributed by atoms with Crippen molar-refractivity contribution < 1.29 is 9.53 Å². The van der Waals surface area contributed by atoms with E-state index in [4.69, 9.17) is 10.5 Å². The summed E-state index contributed by atoms with van der Waals surface area (Å²) in [6.07, 6.45) is 4.88. The highest BCUT2D eigenvalue weighted by Gasteiger charge is 2.38. The largest absolute Gasteiger partial charge is 0.463 e. The number of nitrogen functional groups attached to an aromatic ring is 1. The molecule has 1 aliphatic carbocycles. The van der Waals surface area contributed by atoms with Crippen LogP contribution in [0.5, 0.6) is 6.01 Å². The normalized spacial score (nSPS) is 19.8. The number of aromatic nitrogens is 2. The number of amides is 1. The summed E-state index contributed by atoms with van der Waals surface area (Å²) in [7, 11) is 0. The first kappa shape index (κ1) is 20.1. The van der Waals surface area contributed by atoms with E-state index in [9.17, 15) is 4.79 Å². The van der Waals surface area contributed by atoms with Gasteiger partial charge in [-0.15, -0.1) is 0 Å². The molecule has 31 heavy (non-hydrogen) atoms. The van der Waals surface area contributed by atoms with Gasteiger partial charge >= 0.3 is 6.01 Å². The highest BCUT2D eigenvalue weighted by Crippen LogP contribution is 2.45. The Balaban J connectivity index is 1.36. The molecule has 0 atom stereocenters. The minimum atomic E-state index is -0.116. The average molecular weight is 423 g/mol. The summed E-state index contributed by atoms with van der Waals surface area (Å²) >= 11 is 0. The minimum absolute atomic E-state index is 0.116. The van der Waals surface area contributed by atoms with Crippen molar-refractivity contribution in [3.8, 4) is 6.01 Å². The van der Waals surface area contributed by atoms with Gasteiger partial charge in [0.25, 0.3) is 0 Å². The number of carbonyl (C=O) groups excluding carboxylic acids is 1. The van der Waals surface area contributed by atoms with Gasteiger partial charge in [-0.2, -0.15) is 9.97 Å². The van der Waals surface area contributed by atoms with Crippen LogP contribution < -0.4 is 20.7 Å². The first-order valence-corrected chi connectivity index (χ1v) is 11.1. The van der Waals surface area contributed by atoms with Crippen molar-refractivity contribution in [2.24, 2.45) is 5.41 Å². The molecule has 8 heteroatoms. The zero-order chi connectivity index (χ0) is 21.4. The van der Waals surface area contributed by atoms with E-state index in [1.54, 1.807) is 0 Å². The van der Waals surface area contributed by atoms with Gasteiger partial charge in [0.2, 0.25) is 5.91 Å². The van der Waals surface area contributed by atoms with E-state index in [1.807, 2.05) is 4.90 Å². The number of carbonyl (C=O) groups is 1. The Morgan fingerprint density at radius 1 is 1.16 bits per heavy atom. The molecule has 0 unspecified atom stereocenters. The number of nitrogens with one attached hydrogen (secondary N) is 1. The average Bonchev–Trinajstić information content (AvgIpc) is 3.25. The molecule has 2 aromatic rings. The first-order valence-electron chi connectivity index (χ1n) is 11.1. The number of nitrogens with two attached hydrogens (primary N) is 1. The van der Waals surface area contributed by atoms with Crippen LogP contribution in [0.2, 0.25) is 0 Å². The Bertz CT molecular complexity index is 984. The van der Waals surface area contributed by atoms with Crippen molar-refractivity contribution >= 4 is 23.2 Å². The molecular weight excluding hydrogens is 392 g/mol. The van der Waals surface area contributed by atoms with Crippen molar-refractivity contribution in [1.82, 2.24) is 14.9 Å². The molecule has 1 aromatic heterocycles. The summed E-state index contributed by atoms with van der Waals surface area (Å²) in [6, 6.07) is 8.85. The van der Waals surface area contributed by atoms with Gasteiger partial charge in [-0.25, -0.2) is 0 Å². The second-order valence-electron chi connectivity index (χ2n) is 9.40. The van der Waals surface area contributed by atoms with Gasteiger partial charge < -0.3 is 20.7 Å². The summed E-state index contributed by atoms with van der Waals surface area (Å²) in [6.45, 7) is 6.87. The smallest absolute Gasteiger partial charge is 0.320 e. The van der Waals surface area contributed by atoms with Crippen LogP contribution in [0, 0.1) is 5.41 Å². The van der Waals surface area contributed by atoms with E-state index >= 15 is 0 Å². The van der Waals surface area contributed by atoms with Gasteiger partial charge in [0.05, 0.1) is 13.2 Å². The molecule has 1 saturated heterocycles. The molecule has 164 valence electrons. The summed E-state index contributed by atoms with van der Waals surface area (Å²) in [5.41, 5.74) is 9.28. The number of rotatable bonds is 7. The van der Waals surface area contributed by atoms with Crippen molar-refractivity contribution in [3.05, 3.63) is 35.4 Å². The van der Waals surface area contributed by atoms with Crippen LogP contribution in [-0.2, 0) is 17.9 Å². The third-order valence-corrected chi connectivity index (χ3v) is 6.42. The molecule has 5 rings (SSSR count). The van der Waals surface area contributed by atoms with Crippen LogP contribution in [0.15, 0.2) is 24.3 Å². The van der Waals surface area contributed by atoms with E-state index in [2.05, 4.69) is 51.4 Å². The lowest BCUT2D eigenvalue weighted by molar-refractivity contribution is -0.115. The number of ether oxygens (including phenoxy) is 1. The van der Waals surface area contributed by atoms with Gasteiger partial charge in [-0.3, -0.25) is 9.69 Å². The Morgan fingerprint density at radius 2 is 1.90 bits per heavy atom. The summed E-state index contributed by atoms with van der Waals surface area (Å²) in [5, 5.41) is 2.82. The number of hydrogen-bond donors (Lipinski definition) is 2.